The van der Waals surface area contributed by atoms with E-state index in [1.165, 1.54) is 5.56 Å². The normalized spacial score (nSPS) is 19.8. The summed E-state index contributed by atoms with van der Waals surface area (Å²) in [5, 5.41) is 0. The molecule has 1 saturated heterocycles. The molecule has 1 amide bonds. The molecule has 2 rings (SSSR count). The molecule has 0 aliphatic carbocycles. The van der Waals surface area contributed by atoms with Gasteiger partial charge >= 0.3 is 0 Å². The van der Waals surface area contributed by atoms with Gasteiger partial charge in [0.05, 0.1) is 0 Å². The summed E-state index contributed by atoms with van der Waals surface area (Å²) in [5.41, 5.74) is 6.89. The number of primary amides is 1. The molecule has 0 aromatic heterocycles. The van der Waals surface area contributed by atoms with Crippen LogP contribution < -0.4 is 5.73 Å². The number of nitrogens with two attached hydrogens (primary N) is 1. The van der Waals surface area contributed by atoms with Crippen LogP contribution in [-0.4, -0.2) is 29.4 Å². The Bertz CT molecular complexity index is 454. The smallest absolute Gasteiger partial charge is 0.218 e. The Kier molecular flexibility index (Phi) is 4.19. The molecule has 0 radical (unpaired) electrons. The van der Waals surface area contributed by atoms with Gasteiger partial charge in [-0.3, -0.25) is 9.69 Å². The highest BCUT2D eigenvalue weighted by molar-refractivity contribution is 5.75. The van der Waals surface area contributed by atoms with Crippen molar-refractivity contribution in [2.24, 2.45) is 5.73 Å². The highest BCUT2D eigenvalue weighted by Crippen LogP contribution is 2.39. The zero-order valence-electron chi connectivity index (χ0n) is 12.9. The highest BCUT2D eigenvalue weighted by Gasteiger charge is 2.39. The third kappa shape index (κ3) is 3.21. The van der Waals surface area contributed by atoms with Crippen molar-refractivity contribution in [3.05, 3.63) is 35.9 Å². The van der Waals surface area contributed by atoms with Crippen molar-refractivity contribution in [1.29, 1.82) is 0 Å². The lowest BCUT2D eigenvalue weighted by molar-refractivity contribution is -0.119. The zero-order chi connectivity index (χ0) is 14.8. The van der Waals surface area contributed by atoms with E-state index in [4.69, 9.17) is 5.73 Å². The molecule has 3 nitrogen and oxygen atoms in total. The molecule has 1 aliphatic rings. The number of carbonyl (C=O) groups excluding carboxylic acids is 1. The van der Waals surface area contributed by atoms with E-state index in [1.807, 2.05) is 18.2 Å². The molecule has 0 unspecified atom stereocenters. The summed E-state index contributed by atoms with van der Waals surface area (Å²) in [6, 6.07) is 10.4. The molecule has 1 heterocycles. The number of rotatable bonds is 3. The Morgan fingerprint density at radius 2 is 1.75 bits per heavy atom. The summed E-state index contributed by atoms with van der Waals surface area (Å²) >= 11 is 0. The van der Waals surface area contributed by atoms with Gasteiger partial charge in [0.25, 0.3) is 0 Å². The Morgan fingerprint density at radius 3 is 2.20 bits per heavy atom. The third-order valence-electron chi connectivity index (χ3n) is 4.57. The summed E-state index contributed by atoms with van der Waals surface area (Å²) in [6.45, 7) is 8.78. The number of piperidine rings is 1. The lowest BCUT2D eigenvalue weighted by Crippen LogP contribution is -2.51. The van der Waals surface area contributed by atoms with E-state index >= 15 is 0 Å². The monoisotopic (exact) mass is 274 g/mol. The number of hydrogen-bond donors (Lipinski definition) is 1. The lowest BCUT2D eigenvalue weighted by Gasteiger charge is -2.46. The van der Waals surface area contributed by atoms with Gasteiger partial charge in [-0.15, -0.1) is 0 Å². The molecule has 2 N–H and O–H groups in total. The fraction of sp³-hybridized carbons (Fsp3) is 0.588. The van der Waals surface area contributed by atoms with Crippen LogP contribution in [0.25, 0.3) is 0 Å². The standard InChI is InChI=1S/C17H26N2O/c1-16(2,3)19-11-9-17(10-12-19,13-15(18)20)14-7-5-4-6-8-14/h4-8H,9-13H2,1-3H3,(H2,18,20). The molecule has 0 bridgehead atoms. The second kappa shape index (κ2) is 5.57. The Morgan fingerprint density at radius 1 is 1.20 bits per heavy atom. The molecule has 1 fully saturated rings. The number of nitrogens with zero attached hydrogens (tertiary/aromatic N) is 1. The molecule has 0 saturated carbocycles. The van der Waals surface area contributed by atoms with Crippen molar-refractivity contribution in [1.82, 2.24) is 4.90 Å². The van der Waals surface area contributed by atoms with Crippen molar-refractivity contribution < 1.29 is 4.79 Å². The van der Waals surface area contributed by atoms with Gasteiger partial charge < -0.3 is 5.73 Å². The predicted octanol–water partition coefficient (Wildman–Crippen LogP) is 2.69. The van der Waals surface area contributed by atoms with Gasteiger partial charge in [-0.2, -0.15) is 0 Å². The maximum Gasteiger partial charge on any atom is 0.218 e. The second-order valence-corrected chi connectivity index (χ2v) is 6.95. The molecule has 20 heavy (non-hydrogen) atoms. The van der Waals surface area contributed by atoms with Gasteiger partial charge in [-0.05, 0) is 52.3 Å². The first kappa shape index (κ1) is 15.0. The van der Waals surface area contributed by atoms with E-state index in [0.29, 0.717) is 6.42 Å². The largest absolute Gasteiger partial charge is 0.370 e. The van der Waals surface area contributed by atoms with Gasteiger partial charge in [-0.1, -0.05) is 30.3 Å². The van der Waals surface area contributed by atoms with E-state index in [9.17, 15) is 4.79 Å². The molecule has 0 atom stereocenters. The molecular formula is C17H26N2O. The van der Waals surface area contributed by atoms with E-state index in [1.54, 1.807) is 0 Å². The number of carbonyl (C=O) groups is 1. The first-order valence-electron chi connectivity index (χ1n) is 7.42. The summed E-state index contributed by atoms with van der Waals surface area (Å²) in [5.74, 6) is -0.196. The van der Waals surface area contributed by atoms with Gasteiger partial charge in [0.1, 0.15) is 0 Å². The minimum Gasteiger partial charge on any atom is -0.370 e. The van der Waals surface area contributed by atoms with Crippen LogP contribution in [0.2, 0.25) is 0 Å². The van der Waals surface area contributed by atoms with Crippen LogP contribution in [0.4, 0.5) is 0 Å². The quantitative estimate of drug-likeness (QED) is 0.921. The van der Waals surface area contributed by atoms with Crippen molar-refractivity contribution in [2.45, 2.75) is 51.0 Å². The molecule has 1 aliphatic heterocycles. The van der Waals surface area contributed by atoms with E-state index in [0.717, 1.165) is 25.9 Å². The van der Waals surface area contributed by atoms with Crippen LogP contribution in [0.5, 0.6) is 0 Å². The van der Waals surface area contributed by atoms with Crippen molar-refractivity contribution in [2.75, 3.05) is 13.1 Å². The summed E-state index contributed by atoms with van der Waals surface area (Å²) in [6.07, 6.45) is 2.45. The van der Waals surface area contributed by atoms with Crippen LogP contribution in [0.3, 0.4) is 0 Å². The van der Waals surface area contributed by atoms with Crippen molar-refractivity contribution >= 4 is 5.91 Å². The Labute approximate surface area is 122 Å². The predicted molar refractivity (Wildman–Crippen MR) is 82.5 cm³/mol. The van der Waals surface area contributed by atoms with Crippen LogP contribution in [0.15, 0.2) is 30.3 Å². The number of likely N-dealkylation sites (tertiary alicyclic amines) is 1. The lowest BCUT2D eigenvalue weighted by atomic mass is 9.70. The minimum absolute atomic E-state index is 0.0746. The number of hydrogen-bond acceptors (Lipinski definition) is 2. The average molecular weight is 274 g/mol. The molecule has 1 aromatic carbocycles. The molecule has 0 spiro atoms. The summed E-state index contributed by atoms with van der Waals surface area (Å²) in [4.78, 5) is 14.0. The SMILES string of the molecule is CC(C)(C)N1CCC(CC(N)=O)(c2ccccc2)CC1. The van der Waals surface area contributed by atoms with Crippen molar-refractivity contribution in [3.8, 4) is 0 Å². The van der Waals surface area contributed by atoms with Gasteiger partial charge in [0, 0.05) is 17.4 Å². The van der Waals surface area contributed by atoms with Gasteiger partial charge in [0.2, 0.25) is 5.91 Å². The number of amides is 1. The molecular weight excluding hydrogens is 248 g/mol. The third-order valence-corrected chi connectivity index (χ3v) is 4.57. The fourth-order valence-electron chi connectivity index (χ4n) is 3.30. The maximum atomic E-state index is 11.5. The minimum atomic E-state index is -0.196. The average Bonchev–Trinajstić information content (AvgIpc) is 2.38. The Hall–Kier alpha value is -1.35. The molecule has 110 valence electrons. The van der Waals surface area contributed by atoms with E-state index in [-0.39, 0.29) is 16.9 Å². The first-order valence-corrected chi connectivity index (χ1v) is 7.42. The zero-order valence-corrected chi connectivity index (χ0v) is 12.9. The van der Waals surface area contributed by atoms with Crippen LogP contribution in [0, 0.1) is 0 Å². The summed E-state index contributed by atoms with van der Waals surface area (Å²) < 4.78 is 0. The topological polar surface area (TPSA) is 46.3 Å². The van der Waals surface area contributed by atoms with Crippen LogP contribution >= 0.6 is 0 Å². The Balaban J connectivity index is 2.22. The van der Waals surface area contributed by atoms with Crippen LogP contribution in [-0.2, 0) is 10.2 Å². The van der Waals surface area contributed by atoms with E-state index in [2.05, 4.69) is 37.8 Å². The summed E-state index contributed by atoms with van der Waals surface area (Å²) in [7, 11) is 0. The molecule has 3 heteroatoms. The number of benzene rings is 1. The second-order valence-electron chi connectivity index (χ2n) is 6.95. The first-order chi connectivity index (χ1) is 9.33. The van der Waals surface area contributed by atoms with Gasteiger partial charge in [-0.25, -0.2) is 0 Å². The van der Waals surface area contributed by atoms with E-state index < -0.39 is 0 Å². The maximum absolute atomic E-state index is 11.5. The van der Waals surface area contributed by atoms with Gasteiger partial charge in [0.15, 0.2) is 0 Å². The van der Waals surface area contributed by atoms with Crippen LogP contribution in [0.1, 0.15) is 45.6 Å². The highest BCUT2D eigenvalue weighted by atomic mass is 16.1. The molecule has 1 aromatic rings. The van der Waals surface area contributed by atoms with Crippen molar-refractivity contribution in [3.63, 3.8) is 0 Å². The fourth-order valence-corrected chi connectivity index (χ4v) is 3.30.